The van der Waals surface area contributed by atoms with Gasteiger partial charge in [0.25, 0.3) is 0 Å². The lowest BCUT2D eigenvalue weighted by Crippen LogP contribution is -2.35. The maximum atomic E-state index is 11.8. The molecular formula is C15H14ClN3O2. The van der Waals surface area contributed by atoms with Gasteiger partial charge in [0.15, 0.2) is 0 Å². The zero-order valence-electron chi connectivity index (χ0n) is 11.4. The molecule has 5 nitrogen and oxygen atoms in total. The molecule has 0 saturated heterocycles. The van der Waals surface area contributed by atoms with Gasteiger partial charge in [0.2, 0.25) is 0 Å². The third-order valence-corrected chi connectivity index (χ3v) is 3.29. The van der Waals surface area contributed by atoms with Gasteiger partial charge in [-0.05, 0) is 36.8 Å². The van der Waals surface area contributed by atoms with Crippen LogP contribution in [0.15, 0.2) is 42.6 Å². The predicted octanol–water partition coefficient (Wildman–Crippen LogP) is 2.30. The van der Waals surface area contributed by atoms with E-state index in [0.717, 1.165) is 0 Å². The van der Waals surface area contributed by atoms with Crippen molar-refractivity contribution in [2.75, 3.05) is 5.32 Å². The molecule has 6 heteroatoms. The highest BCUT2D eigenvalue weighted by atomic mass is 35.5. The van der Waals surface area contributed by atoms with Crippen LogP contribution in [0, 0.1) is 6.92 Å². The highest BCUT2D eigenvalue weighted by molar-refractivity contribution is 6.40. The van der Waals surface area contributed by atoms with Gasteiger partial charge in [-0.15, -0.1) is 0 Å². The zero-order chi connectivity index (χ0) is 15.2. The molecule has 0 aliphatic heterocycles. The number of pyridine rings is 1. The summed E-state index contributed by atoms with van der Waals surface area (Å²) in [6.45, 7) is 1.96. The molecule has 1 heterocycles. The Hall–Kier alpha value is -2.40. The summed E-state index contributed by atoms with van der Waals surface area (Å²) in [6.07, 6.45) is 1.62. The molecule has 2 N–H and O–H groups in total. The van der Waals surface area contributed by atoms with E-state index in [-0.39, 0.29) is 6.54 Å². The van der Waals surface area contributed by atoms with Crippen molar-refractivity contribution in [2.45, 2.75) is 13.5 Å². The number of rotatable bonds is 3. The van der Waals surface area contributed by atoms with Crippen molar-refractivity contribution in [3.05, 3.63) is 58.9 Å². The number of anilines is 1. The van der Waals surface area contributed by atoms with Crippen LogP contribution in [0.2, 0.25) is 5.02 Å². The molecule has 2 aromatic rings. The van der Waals surface area contributed by atoms with Gasteiger partial charge in [-0.1, -0.05) is 23.7 Å². The number of carbonyl (C=O) groups excluding carboxylic acids is 2. The van der Waals surface area contributed by atoms with E-state index in [1.165, 1.54) is 0 Å². The molecule has 1 aromatic heterocycles. The number of hydrogen-bond acceptors (Lipinski definition) is 3. The molecule has 0 aliphatic rings. The van der Waals surface area contributed by atoms with E-state index in [1.54, 1.807) is 43.5 Å². The summed E-state index contributed by atoms with van der Waals surface area (Å²) >= 11 is 5.96. The van der Waals surface area contributed by atoms with Crippen LogP contribution in [0.25, 0.3) is 0 Å². The molecule has 0 unspecified atom stereocenters. The van der Waals surface area contributed by atoms with Gasteiger partial charge in [-0.25, -0.2) is 0 Å². The van der Waals surface area contributed by atoms with Crippen LogP contribution in [-0.4, -0.2) is 16.8 Å². The van der Waals surface area contributed by atoms with E-state index < -0.39 is 11.8 Å². The molecule has 0 spiro atoms. The Kier molecular flexibility index (Phi) is 4.90. The second-order valence-electron chi connectivity index (χ2n) is 4.37. The van der Waals surface area contributed by atoms with Crippen LogP contribution in [-0.2, 0) is 16.1 Å². The van der Waals surface area contributed by atoms with E-state index in [0.29, 0.717) is 22.0 Å². The van der Waals surface area contributed by atoms with Gasteiger partial charge in [-0.2, -0.15) is 0 Å². The fraction of sp³-hybridized carbons (Fsp3) is 0.133. The second-order valence-corrected chi connectivity index (χ2v) is 4.78. The largest absolute Gasteiger partial charge is 0.342 e. The molecule has 0 bridgehead atoms. The van der Waals surface area contributed by atoms with Crippen molar-refractivity contribution in [1.82, 2.24) is 10.3 Å². The maximum Gasteiger partial charge on any atom is 0.313 e. The third kappa shape index (κ3) is 4.03. The Morgan fingerprint density at radius 2 is 1.95 bits per heavy atom. The average Bonchev–Trinajstić information content (AvgIpc) is 2.50. The molecule has 21 heavy (non-hydrogen) atoms. The lowest BCUT2D eigenvalue weighted by molar-refractivity contribution is -0.136. The Morgan fingerprint density at radius 3 is 2.67 bits per heavy atom. The molecule has 2 amide bonds. The first-order valence-electron chi connectivity index (χ1n) is 6.32. The van der Waals surface area contributed by atoms with Crippen molar-refractivity contribution in [3.8, 4) is 0 Å². The van der Waals surface area contributed by atoms with Gasteiger partial charge < -0.3 is 10.6 Å². The SMILES string of the molecule is Cc1c(Cl)cccc1NC(=O)C(=O)NCc1ccccn1. The Morgan fingerprint density at radius 1 is 1.14 bits per heavy atom. The van der Waals surface area contributed by atoms with Crippen molar-refractivity contribution < 1.29 is 9.59 Å². The molecule has 0 radical (unpaired) electrons. The normalized spacial score (nSPS) is 10.0. The molecule has 0 fully saturated rings. The van der Waals surface area contributed by atoms with Gasteiger partial charge in [0, 0.05) is 16.9 Å². The van der Waals surface area contributed by atoms with Crippen molar-refractivity contribution in [2.24, 2.45) is 0 Å². The number of hydrogen-bond donors (Lipinski definition) is 2. The van der Waals surface area contributed by atoms with E-state index in [4.69, 9.17) is 11.6 Å². The average molecular weight is 304 g/mol. The smallest absolute Gasteiger partial charge is 0.313 e. The standard InChI is InChI=1S/C15H14ClN3O2/c1-10-12(16)6-4-7-13(10)19-15(21)14(20)18-9-11-5-2-3-8-17-11/h2-8H,9H2,1H3,(H,18,20)(H,19,21). The monoisotopic (exact) mass is 303 g/mol. The van der Waals surface area contributed by atoms with Crippen LogP contribution in [0.4, 0.5) is 5.69 Å². The van der Waals surface area contributed by atoms with E-state index in [2.05, 4.69) is 15.6 Å². The van der Waals surface area contributed by atoms with Crippen LogP contribution in [0.5, 0.6) is 0 Å². The summed E-state index contributed by atoms with van der Waals surface area (Å²) in [5.41, 5.74) is 1.91. The zero-order valence-corrected chi connectivity index (χ0v) is 12.1. The first-order chi connectivity index (χ1) is 10.1. The van der Waals surface area contributed by atoms with Crippen molar-refractivity contribution in [3.63, 3.8) is 0 Å². The van der Waals surface area contributed by atoms with Crippen molar-refractivity contribution >= 4 is 29.1 Å². The van der Waals surface area contributed by atoms with Gasteiger partial charge in [0.1, 0.15) is 0 Å². The number of benzene rings is 1. The molecule has 0 saturated carbocycles. The fourth-order valence-corrected chi connectivity index (χ4v) is 1.85. The van der Waals surface area contributed by atoms with Gasteiger partial charge >= 0.3 is 11.8 Å². The summed E-state index contributed by atoms with van der Waals surface area (Å²) in [4.78, 5) is 27.6. The van der Waals surface area contributed by atoms with Crippen LogP contribution >= 0.6 is 11.6 Å². The van der Waals surface area contributed by atoms with E-state index in [1.807, 2.05) is 6.07 Å². The molecule has 0 atom stereocenters. The first-order valence-corrected chi connectivity index (χ1v) is 6.70. The highest BCUT2D eigenvalue weighted by Gasteiger charge is 2.15. The minimum atomic E-state index is -0.740. The number of amides is 2. The van der Waals surface area contributed by atoms with Gasteiger partial charge in [0.05, 0.1) is 12.2 Å². The first kappa shape index (κ1) is 15.0. The molecule has 1 aromatic carbocycles. The summed E-state index contributed by atoms with van der Waals surface area (Å²) in [7, 11) is 0. The quantitative estimate of drug-likeness (QED) is 0.855. The molecule has 0 aliphatic carbocycles. The second kappa shape index (κ2) is 6.85. The number of nitrogens with zero attached hydrogens (tertiary/aromatic N) is 1. The Balaban J connectivity index is 1.94. The topological polar surface area (TPSA) is 71.1 Å². The number of carbonyl (C=O) groups is 2. The Labute approximate surface area is 127 Å². The lowest BCUT2D eigenvalue weighted by Gasteiger charge is -2.09. The minimum absolute atomic E-state index is 0.196. The fourth-order valence-electron chi connectivity index (χ4n) is 1.68. The van der Waals surface area contributed by atoms with Crippen LogP contribution in [0.3, 0.4) is 0 Å². The summed E-state index contributed by atoms with van der Waals surface area (Å²) in [5, 5.41) is 5.57. The van der Waals surface area contributed by atoms with Gasteiger partial charge in [-0.3, -0.25) is 14.6 Å². The summed E-state index contributed by atoms with van der Waals surface area (Å²) in [6, 6.07) is 10.5. The van der Waals surface area contributed by atoms with Crippen molar-refractivity contribution in [1.29, 1.82) is 0 Å². The number of halogens is 1. The lowest BCUT2D eigenvalue weighted by atomic mass is 10.2. The Bertz CT molecular complexity index is 659. The van der Waals surface area contributed by atoms with Crippen LogP contribution < -0.4 is 10.6 Å². The van der Waals surface area contributed by atoms with E-state index >= 15 is 0 Å². The predicted molar refractivity (Wildman–Crippen MR) is 80.9 cm³/mol. The molecule has 108 valence electrons. The molecular weight excluding hydrogens is 290 g/mol. The number of nitrogens with one attached hydrogen (secondary N) is 2. The van der Waals surface area contributed by atoms with E-state index in [9.17, 15) is 9.59 Å². The molecule has 2 rings (SSSR count). The summed E-state index contributed by atoms with van der Waals surface area (Å²) in [5.74, 6) is -1.46. The summed E-state index contributed by atoms with van der Waals surface area (Å²) < 4.78 is 0. The third-order valence-electron chi connectivity index (χ3n) is 2.88. The maximum absolute atomic E-state index is 11.8. The van der Waals surface area contributed by atoms with Crippen LogP contribution in [0.1, 0.15) is 11.3 Å². The number of aromatic nitrogens is 1. The highest BCUT2D eigenvalue weighted by Crippen LogP contribution is 2.22. The minimum Gasteiger partial charge on any atom is -0.342 e.